The van der Waals surface area contributed by atoms with Gasteiger partial charge in [-0.05, 0) is 30.0 Å². The van der Waals surface area contributed by atoms with Gasteiger partial charge in [0.25, 0.3) is 11.1 Å². The van der Waals surface area contributed by atoms with Crippen LogP contribution >= 0.6 is 11.8 Å². The van der Waals surface area contributed by atoms with Gasteiger partial charge in [0.2, 0.25) is 0 Å². The number of terminal acetylenes is 1. The number of para-hydroxylation sites is 2. The molecule has 0 saturated carbocycles. The molecule has 6 heteroatoms. The summed E-state index contributed by atoms with van der Waals surface area (Å²) in [6, 6.07) is 7.43. The van der Waals surface area contributed by atoms with E-state index in [0.717, 1.165) is 27.7 Å². The SMILES string of the molecule is C#CCN1C(=O)S/C(=C\c2cnc3ccccc3n2)C1=O. The molecule has 1 saturated heterocycles. The van der Waals surface area contributed by atoms with Crippen LogP contribution < -0.4 is 0 Å². The zero-order valence-electron chi connectivity index (χ0n) is 10.8. The fourth-order valence-corrected chi connectivity index (χ4v) is 2.73. The number of thioether (sulfide) groups is 1. The van der Waals surface area contributed by atoms with Crippen molar-refractivity contribution in [1.82, 2.24) is 14.9 Å². The number of carbonyl (C=O) groups excluding carboxylic acids is 2. The molecule has 102 valence electrons. The molecule has 0 aliphatic carbocycles. The highest BCUT2D eigenvalue weighted by Crippen LogP contribution is 2.31. The maximum Gasteiger partial charge on any atom is 0.294 e. The summed E-state index contributed by atoms with van der Waals surface area (Å²) >= 11 is 0.857. The lowest BCUT2D eigenvalue weighted by Gasteiger charge is -2.06. The largest absolute Gasteiger partial charge is 0.294 e. The fraction of sp³-hybridized carbons (Fsp3) is 0.0667. The van der Waals surface area contributed by atoms with Crippen molar-refractivity contribution in [3.05, 3.63) is 41.1 Å². The second-order valence-electron chi connectivity index (χ2n) is 4.26. The summed E-state index contributed by atoms with van der Waals surface area (Å²) in [5, 5.41) is -0.363. The maximum absolute atomic E-state index is 12.0. The number of fused-ring (bicyclic) bond motifs is 1. The van der Waals surface area contributed by atoms with Crippen molar-refractivity contribution in [1.29, 1.82) is 0 Å². The van der Waals surface area contributed by atoms with Crippen molar-refractivity contribution in [3.63, 3.8) is 0 Å². The molecule has 21 heavy (non-hydrogen) atoms. The third kappa shape index (κ3) is 2.51. The number of hydrogen-bond donors (Lipinski definition) is 0. The molecule has 0 radical (unpaired) electrons. The summed E-state index contributed by atoms with van der Waals surface area (Å²) in [7, 11) is 0. The summed E-state index contributed by atoms with van der Waals surface area (Å²) < 4.78 is 0. The first-order chi connectivity index (χ1) is 10.2. The Bertz CT molecular complexity index is 823. The maximum atomic E-state index is 12.0. The number of rotatable bonds is 2. The number of carbonyl (C=O) groups is 2. The average molecular weight is 295 g/mol. The predicted molar refractivity (Wildman–Crippen MR) is 81.0 cm³/mol. The Morgan fingerprint density at radius 1 is 1.29 bits per heavy atom. The van der Waals surface area contributed by atoms with Crippen LogP contribution in [0.3, 0.4) is 0 Å². The minimum absolute atomic E-state index is 0.0224. The van der Waals surface area contributed by atoms with Crippen LogP contribution in [0.5, 0.6) is 0 Å². The molecule has 3 rings (SSSR count). The molecule has 1 aromatic heterocycles. The molecule has 0 spiro atoms. The van der Waals surface area contributed by atoms with Crippen LogP contribution in [0.2, 0.25) is 0 Å². The topological polar surface area (TPSA) is 63.2 Å². The molecule has 1 aliphatic heterocycles. The smallest absolute Gasteiger partial charge is 0.268 e. The molecule has 0 bridgehead atoms. The zero-order valence-corrected chi connectivity index (χ0v) is 11.6. The molecule has 2 aromatic rings. The van der Waals surface area contributed by atoms with Gasteiger partial charge in [0.1, 0.15) is 0 Å². The Morgan fingerprint density at radius 3 is 2.81 bits per heavy atom. The quantitative estimate of drug-likeness (QED) is 0.628. The average Bonchev–Trinajstić information content (AvgIpc) is 2.75. The van der Waals surface area contributed by atoms with E-state index in [1.165, 1.54) is 0 Å². The molecular weight excluding hydrogens is 286 g/mol. The molecule has 0 unspecified atom stereocenters. The fourth-order valence-electron chi connectivity index (χ4n) is 1.90. The molecular formula is C15H9N3O2S. The number of hydrogen-bond acceptors (Lipinski definition) is 5. The summed E-state index contributed by atoms with van der Waals surface area (Å²) in [6.45, 7) is -0.0224. The molecule has 0 atom stereocenters. The lowest BCUT2D eigenvalue weighted by Crippen LogP contribution is -2.28. The molecule has 2 heterocycles. The Labute approximate surface area is 125 Å². The molecule has 2 amide bonds. The number of benzene rings is 1. The standard InChI is InChI=1S/C15H9N3O2S/c1-2-7-18-14(19)13(21-15(18)20)8-10-9-16-11-5-3-4-6-12(11)17-10/h1,3-6,8-9H,7H2/b13-8-. The van der Waals surface area contributed by atoms with E-state index in [-0.39, 0.29) is 11.8 Å². The van der Waals surface area contributed by atoms with E-state index in [9.17, 15) is 9.59 Å². The van der Waals surface area contributed by atoms with Crippen LogP contribution in [0, 0.1) is 12.3 Å². The summed E-state index contributed by atoms with van der Waals surface area (Å²) in [5.74, 6) is 1.90. The predicted octanol–water partition coefficient (Wildman–Crippen LogP) is 2.30. The highest BCUT2D eigenvalue weighted by molar-refractivity contribution is 8.18. The van der Waals surface area contributed by atoms with Crippen LogP contribution in [-0.4, -0.2) is 32.6 Å². The Hall–Kier alpha value is -2.65. The van der Waals surface area contributed by atoms with E-state index in [0.29, 0.717) is 10.6 Å². The van der Waals surface area contributed by atoms with Crippen LogP contribution in [0.25, 0.3) is 17.1 Å². The van der Waals surface area contributed by atoms with Crippen molar-refractivity contribution >= 4 is 40.0 Å². The van der Waals surface area contributed by atoms with Crippen LogP contribution in [0.15, 0.2) is 35.4 Å². The Kier molecular flexibility index (Phi) is 3.42. The van der Waals surface area contributed by atoms with Gasteiger partial charge in [-0.3, -0.25) is 19.5 Å². The van der Waals surface area contributed by atoms with Crippen molar-refractivity contribution < 1.29 is 9.59 Å². The first kappa shape index (κ1) is 13.3. The number of nitrogens with zero attached hydrogens (tertiary/aromatic N) is 3. The normalized spacial score (nSPS) is 16.7. The highest BCUT2D eigenvalue weighted by atomic mass is 32.2. The number of imide groups is 1. The minimum Gasteiger partial charge on any atom is -0.268 e. The van der Waals surface area contributed by atoms with E-state index < -0.39 is 5.91 Å². The van der Waals surface area contributed by atoms with E-state index in [4.69, 9.17) is 6.42 Å². The van der Waals surface area contributed by atoms with E-state index in [1.807, 2.05) is 24.3 Å². The second kappa shape index (κ2) is 5.38. The summed E-state index contributed by atoms with van der Waals surface area (Å²) in [6.07, 6.45) is 8.27. The lowest BCUT2D eigenvalue weighted by molar-refractivity contribution is -0.122. The third-order valence-corrected chi connectivity index (χ3v) is 3.78. The second-order valence-corrected chi connectivity index (χ2v) is 5.25. The van der Waals surface area contributed by atoms with Crippen molar-refractivity contribution in [3.8, 4) is 12.3 Å². The minimum atomic E-state index is -0.391. The highest BCUT2D eigenvalue weighted by Gasteiger charge is 2.34. The van der Waals surface area contributed by atoms with Gasteiger partial charge in [-0.2, -0.15) is 0 Å². The molecule has 1 aliphatic rings. The van der Waals surface area contributed by atoms with Crippen molar-refractivity contribution in [2.75, 3.05) is 6.54 Å². The van der Waals surface area contributed by atoms with Crippen molar-refractivity contribution in [2.45, 2.75) is 0 Å². The molecule has 1 aromatic carbocycles. The van der Waals surface area contributed by atoms with Crippen LogP contribution in [0.1, 0.15) is 5.69 Å². The molecule has 1 fully saturated rings. The van der Waals surface area contributed by atoms with Gasteiger partial charge in [0, 0.05) is 0 Å². The van der Waals surface area contributed by atoms with Gasteiger partial charge < -0.3 is 0 Å². The summed E-state index contributed by atoms with van der Waals surface area (Å²) in [4.78, 5) is 33.7. The van der Waals surface area contributed by atoms with Gasteiger partial charge >= 0.3 is 0 Å². The summed E-state index contributed by atoms with van der Waals surface area (Å²) in [5.41, 5.74) is 2.03. The van der Waals surface area contributed by atoms with Crippen LogP contribution in [-0.2, 0) is 4.79 Å². The van der Waals surface area contributed by atoms with Crippen LogP contribution in [0.4, 0.5) is 4.79 Å². The third-order valence-electron chi connectivity index (χ3n) is 2.87. The van der Waals surface area contributed by atoms with Gasteiger partial charge in [-0.25, -0.2) is 4.98 Å². The van der Waals surface area contributed by atoms with Gasteiger partial charge in [-0.1, -0.05) is 18.1 Å². The Morgan fingerprint density at radius 2 is 2.05 bits per heavy atom. The monoisotopic (exact) mass is 295 g/mol. The number of amides is 2. The van der Waals surface area contributed by atoms with Gasteiger partial charge in [0.05, 0.1) is 34.4 Å². The van der Waals surface area contributed by atoms with Gasteiger partial charge in [-0.15, -0.1) is 6.42 Å². The zero-order chi connectivity index (χ0) is 14.8. The van der Waals surface area contributed by atoms with E-state index in [1.54, 1.807) is 12.3 Å². The van der Waals surface area contributed by atoms with Crippen molar-refractivity contribution in [2.24, 2.45) is 0 Å². The van der Waals surface area contributed by atoms with E-state index >= 15 is 0 Å². The lowest BCUT2D eigenvalue weighted by atomic mass is 10.3. The Balaban J connectivity index is 1.95. The first-order valence-corrected chi connectivity index (χ1v) is 6.91. The van der Waals surface area contributed by atoms with Gasteiger partial charge in [0.15, 0.2) is 0 Å². The first-order valence-electron chi connectivity index (χ1n) is 6.09. The molecule has 0 N–H and O–H groups in total. The number of aromatic nitrogens is 2. The van der Waals surface area contributed by atoms with E-state index in [2.05, 4.69) is 15.9 Å². The molecule has 5 nitrogen and oxygen atoms in total.